The molecule has 19 heavy (non-hydrogen) atoms. The van der Waals surface area contributed by atoms with Gasteiger partial charge >= 0.3 is 0 Å². The van der Waals surface area contributed by atoms with Gasteiger partial charge in [0.25, 0.3) is 0 Å². The fourth-order valence-corrected chi connectivity index (χ4v) is 2.95. The van der Waals surface area contributed by atoms with Gasteiger partial charge in [0.2, 0.25) is 5.91 Å². The number of amides is 1. The third-order valence-corrected chi connectivity index (χ3v) is 4.73. The first-order valence-electron chi connectivity index (χ1n) is 5.73. The van der Waals surface area contributed by atoms with Crippen molar-refractivity contribution in [3.05, 3.63) is 24.0 Å². The molecule has 0 N–H and O–H groups in total. The van der Waals surface area contributed by atoms with Crippen molar-refractivity contribution in [1.29, 1.82) is 0 Å². The summed E-state index contributed by atoms with van der Waals surface area (Å²) < 4.78 is 36.8. The summed E-state index contributed by atoms with van der Waals surface area (Å²) in [5.74, 6) is -0.198. The van der Waals surface area contributed by atoms with E-state index in [4.69, 9.17) is 0 Å². The highest BCUT2D eigenvalue weighted by Gasteiger charge is 2.31. The van der Waals surface area contributed by atoms with Gasteiger partial charge in [-0.3, -0.25) is 4.79 Å². The van der Waals surface area contributed by atoms with Crippen LogP contribution in [0, 0.1) is 11.7 Å². The van der Waals surface area contributed by atoms with Crippen LogP contribution in [0.3, 0.4) is 0 Å². The van der Waals surface area contributed by atoms with Crippen LogP contribution in [-0.2, 0) is 14.6 Å². The Morgan fingerprint density at radius 1 is 1.47 bits per heavy atom. The first kappa shape index (κ1) is 14.3. The first-order chi connectivity index (χ1) is 8.82. The van der Waals surface area contributed by atoms with Crippen LogP contribution in [0.4, 0.5) is 10.1 Å². The van der Waals surface area contributed by atoms with Gasteiger partial charge in [-0.25, -0.2) is 12.8 Å². The largest absolute Gasteiger partial charge is 0.309 e. The van der Waals surface area contributed by atoms with Crippen LogP contribution in [0.5, 0.6) is 0 Å². The van der Waals surface area contributed by atoms with Crippen LogP contribution in [0.1, 0.15) is 6.42 Å². The summed E-state index contributed by atoms with van der Waals surface area (Å²) >= 11 is 4.13. The molecule has 1 aromatic carbocycles. The third-order valence-electron chi connectivity index (χ3n) is 3.10. The van der Waals surface area contributed by atoms with Crippen molar-refractivity contribution in [3.8, 4) is 0 Å². The molecule has 104 valence electrons. The van der Waals surface area contributed by atoms with Gasteiger partial charge < -0.3 is 4.90 Å². The van der Waals surface area contributed by atoms with E-state index in [9.17, 15) is 17.6 Å². The lowest BCUT2D eigenvalue weighted by Gasteiger charge is -2.18. The van der Waals surface area contributed by atoms with Crippen molar-refractivity contribution in [1.82, 2.24) is 0 Å². The Morgan fingerprint density at radius 3 is 2.68 bits per heavy atom. The molecule has 1 aliphatic rings. The van der Waals surface area contributed by atoms with Crippen molar-refractivity contribution in [2.24, 2.45) is 5.92 Å². The van der Waals surface area contributed by atoms with E-state index >= 15 is 0 Å². The van der Waals surface area contributed by atoms with Gasteiger partial charge in [0, 0.05) is 19.2 Å². The summed E-state index contributed by atoms with van der Waals surface area (Å²) in [5.41, 5.74) is 0.0252. The van der Waals surface area contributed by atoms with Gasteiger partial charge in [0.15, 0.2) is 9.84 Å². The Morgan fingerprint density at radius 2 is 2.16 bits per heavy atom. The molecule has 0 aliphatic carbocycles. The molecule has 0 saturated carbocycles. The van der Waals surface area contributed by atoms with Gasteiger partial charge in [-0.15, -0.1) is 0 Å². The summed E-state index contributed by atoms with van der Waals surface area (Å²) in [4.78, 5) is 13.1. The smallest absolute Gasteiger partial charge is 0.227 e. The van der Waals surface area contributed by atoms with E-state index in [-0.39, 0.29) is 22.4 Å². The summed E-state index contributed by atoms with van der Waals surface area (Å²) in [7, 11) is -3.43. The second kappa shape index (κ2) is 5.13. The second-order valence-corrected chi connectivity index (χ2v) is 7.02. The van der Waals surface area contributed by atoms with Gasteiger partial charge in [0.05, 0.1) is 10.6 Å². The van der Waals surface area contributed by atoms with E-state index < -0.39 is 15.7 Å². The van der Waals surface area contributed by atoms with Gasteiger partial charge in [-0.2, -0.15) is 12.6 Å². The third kappa shape index (κ3) is 2.92. The van der Waals surface area contributed by atoms with E-state index in [1.165, 1.54) is 17.0 Å². The zero-order valence-corrected chi connectivity index (χ0v) is 12.0. The van der Waals surface area contributed by atoms with E-state index in [1.807, 2.05) is 0 Å². The Bertz CT molecular complexity index is 615. The van der Waals surface area contributed by atoms with Crippen molar-refractivity contribution < 1.29 is 17.6 Å². The minimum atomic E-state index is -3.43. The summed E-state index contributed by atoms with van der Waals surface area (Å²) in [6, 6.07) is 3.49. The molecule has 2 rings (SSSR count). The van der Waals surface area contributed by atoms with Crippen molar-refractivity contribution in [2.45, 2.75) is 11.3 Å². The molecule has 7 heteroatoms. The van der Waals surface area contributed by atoms with Gasteiger partial charge in [0.1, 0.15) is 5.82 Å². The Hall–Kier alpha value is -1.08. The van der Waals surface area contributed by atoms with Crippen LogP contribution in [0.25, 0.3) is 0 Å². The minimum absolute atomic E-state index is 0.00558. The molecule has 0 aromatic heterocycles. The van der Waals surface area contributed by atoms with Crippen molar-refractivity contribution in [2.75, 3.05) is 23.5 Å². The maximum Gasteiger partial charge on any atom is 0.227 e. The number of nitrogens with zero attached hydrogens (tertiary/aromatic N) is 1. The number of carbonyl (C=O) groups excluding carboxylic acids is 1. The second-order valence-electron chi connectivity index (χ2n) is 4.64. The predicted molar refractivity (Wildman–Crippen MR) is 73.8 cm³/mol. The standard InChI is InChI=1S/C12H14FNO3S2/c1-19(16,17)9-2-3-10(13)11(5-9)14-6-8(7-18)4-12(14)15/h2-3,5,8,18H,4,6-7H2,1H3. The molecule has 0 spiro atoms. The molecule has 1 aliphatic heterocycles. The molecular formula is C12H14FNO3S2. The van der Waals surface area contributed by atoms with Crippen LogP contribution in [-0.4, -0.2) is 32.9 Å². The molecule has 0 radical (unpaired) electrons. The van der Waals surface area contributed by atoms with E-state index in [2.05, 4.69) is 12.6 Å². The van der Waals surface area contributed by atoms with Gasteiger partial charge in [-0.05, 0) is 29.9 Å². The number of carbonyl (C=O) groups is 1. The normalized spacial score (nSPS) is 20.1. The summed E-state index contributed by atoms with van der Waals surface area (Å²) in [5, 5.41) is 0. The van der Waals surface area contributed by atoms with Crippen LogP contribution in [0.2, 0.25) is 0 Å². The number of hydrogen-bond acceptors (Lipinski definition) is 4. The van der Waals surface area contributed by atoms with Crippen molar-refractivity contribution >= 4 is 34.1 Å². The zero-order chi connectivity index (χ0) is 14.2. The maximum absolute atomic E-state index is 13.8. The van der Waals surface area contributed by atoms with Crippen LogP contribution in [0.15, 0.2) is 23.1 Å². The summed E-state index contributed by atoms with van der Waals surface area (Å²) in [6.45, 7) is 0.368. The number of sulfone groups is 1. The monoisotopic (exact) mass is 303 g/mol. The lowest BCUT2D eigenvalue weighted by molar-refractivity contribution is -0.117. The first-order valence-corrected chi connectivity index (χ1v) is 8.26. The van der Waals surface area contributed by atoms with Crippen LogP contribution < -0.4 is 4.90 Å². The number of rotatable bonds is 3. The molecule has 1 heterocycles. The van der Waals surface area contributed by atoms with E-state index in [0.29, 0.717) is 18.7 Å². The zero-order valence-electron chi connectivity index (χ0n) is 10.3. The fourth-order valence-electron chi connectivity index (χ4n) is 2.07. The highest BCUT2D eigenvalue weighted by atomic mass is 32.2. The number of halogens is 1. The fraction of sp³-hybridized carbons (Fsp3) is 0.417. The van der Waals surface area contributed by atoms with E-state index in [0.717, 1.165) is 12.3 Å². The van der Waals surface area contributed by atoms with Gasteiger partial charge in [-0.1, -0.05) is 0 Å². The highest BCUT2D eigenvalue weighted by Crippen LogP contribution is 2.29. The molecule has 1 amide bonds. The maximum atomic E-state index is 13.8. The molecule has 4 nitrogen and oxygen atoms in total. The minimum Gasteiger partial charge on any atom is -0.309 e. The highest BCUT2D eigenvalue weighted by molar-refractivity contribution is 7.90. The van der Waals surface area contributed by atoms with Crippen molar-refractivity contribution in [3.63, 3.8) is 0 Å². The SMILES string of the molecule is CS(=O)(=O)c1ccc(F)c(N2CC(CS)CC2=O)c1. The Balaban J connectivity index is 2.42. The number of thiol groups is 1. The molecule has 1 saturated heterocycles. The molecule has 0 bridgehead atoms. The lowest BCUT2D eigenvalue weighted by atomic mass is 10.1. The quantitative estimate of drug-likeness (QED) is 0.680. The average Bonchev–Trinajstić information content (AvgIpc) is 2.69. The van der Waals surface area contributed by atoms with Crippen LogP contribution >= 0.6 is 12.6 Å². The number of benzene rings is 1. The average molecular weight is 303 g/mol. The Labute approximate surface area is 116 Å². The molecular weight excluding hydrogens is 289 g/mol. The summed E-state index contributed by atoms with van der Waals surface area (Å²) in [6.07, 6.45) is 1.36. The molecule has 1 fully saturated rings. The molecule has 1 aromatic rings. The Kier molecular flexibility index (Phi) is 3.87. The predicted octanol–water partition coefficient (Wildman–Crippen LogP) is 1.51. The van der Waals surface area contributed by atoms with E-state index in [1.54, 1.807) is 0 Å². The molecule has 1 atom stereocenters. The number of hydrogen-bond donors (Lipinski definition) is 1. The topological polar surface area (TPSA) is 54.5 Å². The molecule has 1 unspecified atom stereocenters. The number of anilines is 1. The lowest BCUT2D eigenvalue weighted by Crippen LogP contribution is -2.26.